The molecular weight excluding hydrogens is 244 g/mol. The van der Waals surface area contributed by atoms with Gasteiger partial charge in [-0.1, -0.05) is 11.8 Å². The lowest BCUT2D eigenvalue weighted by Gasteiger charge is -2.20. The van der Waals surface area contributed by atoms with E-state index in [2.05, 4.69) is 0 Å². The van der Waals surface area contributed by atoms with Crippen LogP contribution in [0.4, 0.5) is 4.79 Å². The van der Waals surface area contributed by atoms with Crippen LogP contribution in [0.3, 0.4) is 0 Å². The molecule has 0 aromatic rings. The first-order valence-electron chi connectivity index (χ1n) is 5.46. The smallest absolute Gasteiger partial charge is 0.323 e. The average Bonchev–Trinajstić information content (AvgIpc) is 2.68. The van der Waals surface area contributed by atoms with E-state index in [0.29, 0.717) is 19.6 Å². The van der Waals surface area contributed by atoms with Crippen molar-refractivity contribution in [2.45, 2.75) is 13.3 Å². The molecule has 0 aromatic heterocycles. The number of thioether (sulfide) groups is 1. The van der Waals surface area contributed by atoms with E-state index < -0.39 is 5.97 Å². The molecular formula is C10H16N2O4S. The predicted octanol–water partition coefficient (Wildman–Crippen LogP) is 0.478. The number of carboxylic acids is 1. The van der Waals surface area contributed by atoms with E-state index >= 15 is 0 Å². The lowest BCUT2D eigenvalue weighted by Crippen LogP contribution is -2.37. The summed E-state index contributed by atoms with van der Waals surface area (Å²) in [6.07, 6.45) is 0.188. The number of carbonyl (C=O) groups excluding carboxylic acids is 2. The van der Waals surface area contributed by atoms with Gasteiger partial charge >= 0.3 is 5.97 Å². The van der Waals surface area contributed by atoms with E-state index in [1.54, 1.807) is 11.8 Å². The van der Waals surface area contributed by atoms with Crippen LogP contribution in [0.5, 0.6) is 0 Å². The van der Waals surface area contributed by atoms with Crippen molar-refractivity contribution in [1.29, 1.82) is 0 Å². The average molecular weight is 260 g/mol. The molecule has 17 heavy (non-hydrogen) atoms. The van der Waals surface area contributed by atoms with Crippen LogP contribution in [0.2, 0.25) is 0 Å². The molecule has 0 spiro atoms. The Kier molecular flexibility index (Phi) is 5.27. The van der Waals surface area contributed by atoms with Gasteiger partial charge in [0.25, 0.3) is 5.24 Å². The van der Waals surface area contributed by atoms with Gasteiger partial charge in [0.2, 0.25) is 5.91 Å². The summed E-state index contributed by atoms with van der Waals surface area (Å²) in [5.74, 6) is -0.479. The Hall–Kier alpha value is -1.24. The van der Waals surface area contributed by atoms with Gasteiger partial charge in [-0.05, 0) is 6.92 Å². The summed E-state index contributed by atoms with van der Waals surface area (Å²) in [5.41, 5.74) is 0. The summed E-state index contributed by atoms with van der Waals surface area (Å²) in [4.78, 5) is 36.4. The van der Waals surface area contributed by atoms with Gasteiger partial charge in [-0.3, -0.25) is 14.4 Å². The number of rotatable bonds is 6. The highest BCUT2D eigenvalue weighted by molar-refractivity contribution is 8.13. The Morgan fingerprint density at radius 2 is 2.24 bits per heavy atom. The highest BCUT2D eigenvalue weighted by Gasteiger charge is 2.22. The predicted molar refractivity (Wildman–Crippen MR) is 63.9 cm³/mol. The van der Waals surface area contributed by atoms with Crippen LogP contribution < -0.4 is 0 Å². The summed E-state index contributed by atoms with van der Waals surface area (Å²) >= 11 is 1.25. The molecule has 1 fully saturated rings. The van der Waals surface area contributed by atoms with Crippen LogP contribution >= 0.6 is 11.8 Å². The highest BCUT2D eigenvalue weighted by atomic mass is 32.2. The van der Waals surface area contributed by atoms with E-state index in [4.69, 9.17) is 5.11 Å². The number of aliphatic carboxylic acids is 1. The molecule has 0 radical (unpaired) electrons. The fraction of sp³-hybridized carbons (Fsp3) is 0.700. The van der Waals surface area contributed by atoms with Crippen LogP contribution in [0, 0.1) is 0 Å². The van der Waals surface area contributed by atoms with Gasteiger partial charge in [0.1, 0.15) is 6.54 Å². The lowest BCUT2D eigenvalue weighted by molar-refractivity contribution is -0.144. The second kappa shape index (κ2) is 6.48. The monoisotopic (exact) mass is 260 g/mol. The van der Waals surface area contributed by atoms with Crippen molar-refractivity contribution in [3.63, 3.8) is 0 Å². The zero-order chi connectivity index (χ0) is 12.8. The van der Waals surface area contributed by atoms with Crippen molar-refractivity contribution < 1.29 is 19.5 Å². The number of likely N-dealkylation sites (N-methyl/N-ethyl adjacent to an activating group) is 1. The molecule has 0 saturated carbocycles. The largest absolute Gasteiger partial charge is 0.480 e. The minimum Gasteiger partial charge on any atom is -0.480 e. The Morgan fingerprint density at radius 1 is 1.53 bits per heavy atom. The summed E-state index contributed by atoms with van der Waals surface area (Å²) in [6.45, 7) is 2.87. The normalized spacial score (nSPS) is 15.1. The third-order valence-corrected chi connectivity index (χ3v) is 3.39. The molecule has 1 rings (SSSR count). The minimum atomic E-state index is -1.02. The van der Waals surface area contributed by atoms with Gasteiger partial charge in [-0.15, -0.1) is 0 Å². The van der Waals surface area contributed by atoms with Crippen LogP contribution in [0.25, 0.3) is 0 Å². The van der Waals surface area contributed by atoms with Crippen molar-refractivity contribution in [2.24, 2.45) is 0 Å². The first kappa shape index (κ1) is 13.8. The van der Waals surface area contributed by atoms with Gasteiger partial charge in [-0.2, -0.15) is 0 Å². The summed E-state index contributed by atoms with van der Waals surface area (Å²) in [5, 5.41) is 8.62. The standard InChI is InChI=1S/C10H16N2O4S/c1-2-11(7-9(14)15)8(13)3-4-12-5-6-17-10(12)16/h2-7H2,1H3,(H,14,15). The third kappa shape index (κ3) is 4.26. The Balaban J connectivity index is 2.36. The van der Waals surface area contributed by atoms with Crippen LogP contribution in [-0.2, 0) is 9.59 Å². The van der Waals surface area contributed by atoms with E-state index in [1.807, 2.05) is 0 Å². The molecule has 1 N–H and O–H groups in total. The number of carbonyl (C=O) groups is 3. The zero-order valence-electron chi connectivity index (χ0n) is 9.72. The van der Waals surface area contributed by atoms with Crippen molar-refractivity contribution in [3.05, 3.63) is 0 Å². The summed E-state index contributed by atoms with van der Waals surface area (Å²) in [7, 11) is 0. The van der Waals surface area contributed by atoms with Crippen molar-refractivity contribution in [3.8, 4) is 0 Å². The van der Waals surface area contributed by atoms with E-state index in [9.17, 15) is 14.4 Å². The first-order valence-corrected chi connectivity index (χ1v) is 6.44. The fourth-order valence-electron chi connectivity index (χ4n) is 1.56. The molecule has 96 valence electrons. The second-order valence-electron chi connectivity index (χ2n) is 3.65. The maximum atomic E-state index is 11.7. The molecule has 2 amide bonds. The van der Waals surface area contributed by atoms with Crippen molar-refractivity contribution >= 4 is 28.9 Å². The molecule has 0 unspecified atom stereocenters. The lowest BCUT2D eigenvalue weighted by atomic mass is 10.3. The number of nitrogens with zero attached hydrogens (tertiary/aromatic N) is 2. The molecule has 0 atom stereocenters. The molecule has 1 aliphatic heterocycles. The van der Waals surface area contributed by atoms with Gasteiger partial charge in [0.15, 0.2) is 0 Å². The molecule has 0 aromatic carbocycles. The number of hydrogen-bond donors (Lipinski definition) is 1. The molecule has 1 saturated heterocycles. The fourth-order valence-corrected chi connectivity index (χ4v) is 2.41. The van der Waals surface area contributed by atoms with Gasteiger partial charge < -0.3 is 14.9 Å². The van der Waals surface area contributed by atoms with Crippen LogP contribution in [0.1, 0.15) is 13.3 Å². The van der Waals surface area contributed by atoms with Crippen LogP contribution in [-0.4, -0.2) is 64.0 Å². The molecule has 1 heterocycles. The molecule has 0 aliphatic carbocycles. The second-order valence-corrected chi connectivity index (χ2v) is 4.70. The maximum Gasteiger partial charge on any atom is 0.323 e. The molecule has 7 heteroatoms. The molecule has 6 nitrogen and oxygen atoms in total. The van der Waals surface area contributed by atoms with Gasteiger partial charge in [0.05, 0.1) is 0 Å². The van der Waals surface area contributed by atoms with Gasteiger partial charge in [-0.25, -0.2) is 0 Å². The molecule has 0 bridgehead atoms. The van der Waals surface area contributed by atoms with Crippen molar-refractivity contribution in [2.75, 3.05) is 31.9 Å². The van der Waals surface area contributed by atoms with Crippen LogP contribution in [0.15, 0.2) is 0 Å². The number of amides is 2. The Bertz CT molecular complexity index is 321. The highest BCUT2D eigenvalue weighted by Crippen LogP contribution is 2.17. The quantitative estimate of drug-likeness (QED) is 0.751. The number of hydrogen-bond acceptors (Lipinski definition) is 4. The Labute approximate surface area is 104 Å². The Morgan fingerprint density at radius 3 is 2.71 bits per heavy atom. The topological polar surface area (TPSA) is 77.9 Å². The van der Waals surface area contributed by atoms with Crippen molar-refractivity contribution in [1.82, 2.24) is 9.80 Å². The minimum absolute atomic E-state index is 0.000849. The van der Waals surface area contributed by atoms with E-state index in [1.165, 1.54) is 16.7 Å². The summed E-state index contributed by atoms with van der Waals surface area (Å²) < 4.78 is 0. The SMILES string of the molecule is CCN(CC(=O)O)C(=O)CCN1CCSC1=O. The molecule has 1 aliphatic rings. The van der Waals surface area contributed by atoms with Gasteiger partial charge in [0, 0.05) is 31.8 Å². The van der Waals surface area contributed by atoms with E-state index in [-0.39, 0.29) is 24.1 Å². The zero-order valence-corrected chi connectivity index (χ0v) is 10.5. The number of carboxylic acid groups (broad SMARTS) is 1. The first-order chi connectivity index (χ1) is 8.04. The summed E-state index contributed by atoms with van der Waals surface area (Å²) in [6, 6.07) is 0. The maximum absolute atomic E-state index is 11.7. The van der Waals surface area contributed by atoms with E-state index in [0.717, 1.165) is 5.75 Å². The third-order valence-electron chi connectivity index (χ3n) is 2.50.